The van der Waals surface area contributed by atoms with Crippen LogP contribution in [0.15, 0.2) is 0 Å². The minimum atomic E-state index is -0.215. The molecule has 1 saturated heterocycles. The fraction of sp³-hybridized carbons (Fsp3) is 1.00. The molecule has 1 saturated carbocycles. The van der Waals surface area contributed by atoms with E-state index >= 15 is 0 Å². The van der Waals surface area contributed by atoms with E-state index in [0.29, 0.717) is 0 Å². The van der Waals surface area contributed by atoms with Crippen LogP contribution in [0.1, 0.15) is 52.9 Å². The summed E-state index contributed by atoms with van der Waals surface area (Å²) >= 11 is 0. The molecule has 1 aliphatic heterocycles. The summed E-state index contributed by atoms with van der Waals surface area (Å²) in [5.74, 6) is 0.954. The first-order valence-corrected chi connectivity index (χ1v) is 8.58. The normalized spacial score (nSPS) is 25.8. The first-order valence-electron chi connectivity index (χ1n) is 8.58. The third kappa shape index (κ3) is 5.01. The van der Waals surface area contributed by atoms with Gasteiger partial charge in [-0.15, -0.1) is 0 Å². The van der Waals surface area contributed by atoms with E-state index in [9.17, 15) is 5.11 Å². The SMILES string of the molecule is CC(C)(C)[C@@H](O)CN1CCN(CC2CCCCC2)CC1. The highest BCUT2D eigenvalue weighted by atomic mass is 16.3. The maximum atomic E-state index is 10.2. The summed E-state index contributed by atoms with van der Waals surface area (Å²) in [5, 5.41) is 10.2. The summed E-state index contributed by atoms with van der Waals surface area (Å²) in [7, 11) is 0. The van der Waals surface area contributed by atoms with E-state index in [1.807, 2.05) is 0 Å². The van der Waals surface area contributed by atoms with Gasteiger partial charge in [-0.25, -0.2) is 0 Å². The van der Waals surface area contributed by atoms with Crippen molar-refractivity contribution in [2.24, 2.45) is 11.3 Å². The molecule has 0 aromatic heterocycles. The van der Waals surface area contributed by atoms with E-state index in [1.54, 1.807) is 0 Å². The molecule has 118 valence electrons. The molecule has 0 spiro atoms. The van der Waals surface area contributed by atoms with Gasteiger partial charge in [0.05, 0.1) is 6.10 Å². The quantitative estimate of drug-likeness (QED) is 0.858. The Balaban J connectivity index is 1.67. The van der Waals surface area contributed by atoms with E-state index in [4.69, 9.17) is 0 Å². The van der Waals surface area contributed by atoms with Gasteiger partial charge in [0.2, 0.25) is 0 Å². The lowest BCUT2D eigenvalue weighted by molar-refractivity contribution is 0.0111. The molecule has 1 atom stereocenters. The van der Waals surface area contributed by atoms with Gasteiger partial charge in [-0.1, -0.05) is 40.0 Å². The lowest BCUT2D eigenvalue weighted by Crippen LogP contribution is -2.51. The first kappa shape index (κ1) is 16.3. The number of piperazine rings is 1. The van der Waals surface area contributed by atoms with Gasteiger partial charge >= 0.3 is 0 Å². The van der Waals surface area contributed by atoms with Crippen molar-refractivity contribution in [3.63, 3.8) is 0 Å². The Kier molecular flexibility index (Phi) is 5.88. The highest BCUT2D eigenvalue weighted by Gasteiger charge is 2.27. The summed E-state index contributed by atoms with van der Waals surface area (Å²) in [4.78, 5) is 5.09. The van der Waals surface area contributed by atoms with Gasteiger partial charge in [0, 0.05) is 39.3 Å². The molecule has 0 bridgehead atoms. The lowest BCUT2D eigenvalue weighted by Gasteiger charge is -2.39. The van der Waals surface area contributed by atoms with Crippen LogP contribution in [0.25, 0.3) is 0 Å². The Morgan fingerprint density at radius 3 is 2.05 bits per heavy atom. The van der Waals surface area contributed by atoms with Crippen LogP contribution in [-0.4, -0.2) is 60.3 Å². The Bertz CT molecular complexity index is 273. The van der Waals surface area contributed by atoms with Gasteiger partial charge < -0.3 is 10.0 Å². The molecular weight excluding hydrogens is 248 g/mol. The minimum absolute atomic E-state index is 0.000762. The monoisotopic (exact) mass is 282 g/mol. The van der Waals surface area contributed by atoms with E-state index in [2.05, 4.69) is 30.6 Å². The third-order valence-corrected chi connectivity index (χ3v) is 5.14. The average Bonchev–Trinajstić information content (AvgIpc) is 2.41. The Hall–Kier alpha value is -0.120. The van der Waals surface area contributed by atoms with Crippen LogP contribution in [0.3, 0.4) is 0 Å². The van der Waals surface area contributed by atoms with E-state index in [1.165, 1.54) is 51.7 Å². The van der Waals surface area contributed by atoms with Crippen molar-refractivity contribution < 1.29 is 5.11 Å². The summed E-state index contributed by atoms with van der Waals surface area (Å²) in [6, 6.07) is 0. The number of nitrogens with zero attached hydrogens (tertiary/aromatic N) is 2. The summed E-state index contributed by atoms with van der Waals surface area (Å²) < 4.78 is 0. The van der Waals surface area contributed by atoms with Gasteiger partial charge in [0.15, 0.2) is 0 Å². The van der Waals surface area contributed by atoms with Gasteiger partial charge in [-0.2, -0.15) is 0 Å². The molecule has 1 aliphatic carbocycles. The molecule has 2 aliphatic rings. The average molecular weight is 282 g/mol. The fourth-order valence-electron chi connectivity index (χ4n) is 3.41. The Morgan fingerprint density at radius 1 is 0.950 bits per heavy atom. The molecule has 0 amide bonds. The Morgan fingerprint density at radius 2 is 1.50 bits per heavy atom. The predicted octanol–water partition coefficient (Wildman–Crippen LogP) is 2.59. The first-order chi connectivity index (χ1) is 9.45. The fourth-order valence-corrected chi connectivity index (χ4v) is 3.41. The predicted molar refractivity (Wildman–Crippen MR) is 84.9 cm³/mol. The summed E-state index contributed by atoms with van der Waals surface area (Å²) in [6.45, 7) is 13.1. The highest BCUT2D eigenvalue weighted by Crippen LogP contribution is 2.25. The zero-order chi connectivity index (χ0) is 14.6. The van der Waals surface area contributed by atoms with Crippen molar-refractivity contribution >= 4 is 0 Å². The van der Waals surface area contributed by atoms with Crippen molar-refractivity contribution in [3.8, 4) is 0 Å². The molecule has 0 aromatic carbocycles. The number of rotatable bonds is 4. The molecule has 1 heterocycles. The molecule has 20 heavy (non-hydrogen) atoms. The molecule has 3 heteroatoms. The van der Waals surface area contributed by atoms with Crippen LogP contribution in [0, 0.1) is 11.3 Å². The number of hydrogen-bond donors (Lipinski definition) is 1. The van der Waals surface area contributed by atoms with Crippen LogP contribution in [0.5, 0.6) is 0 Å². The zero-order valence-corrected chi connectivity index (χ0v) is 13.8. The van der Waals surface area contributed by atoms with E-state index in [-0.39, 0.29) is 11.5 Å². The maximum Gasteiger partial charge on any atom is 0.0715 e. The van der Waals surface area contributed by atoms with Gasteiger partial charge in [0.1, 0.15) is 0 Å². The van der Waals surface area contributed by atoms with Gasteiger partial charge in [-0.05, 0) is 24.2 Å². The third-order valence-electron chi connectivity index (χ3n) is 5.14. The summed E-state index contributed by atoms with van der Waals surface area (Å²) in [6.07, 6.45) is 7.03. The standard InChI is InChI=1S/C17H34N2O/c1-17(2,3)16(20)14-19-11-9-18(10-12-19)13-15-7-5-4-6-8-15/h15-16,20H,4-14H2,1-3H3/t16-/m0/s1. The smallest absolute Gasteiger partial charge is 0.0715 e. The summed E-state index contributed by atoms with van der Waals surface area (Å²) in [5.41, 5.74) is -0.000762. The number of aliphatic hydroxyl groups excluding tert-OH is 1. The number of β-amino-alcohol motifs (C(OH)–C–C–N with tert-alkyl or cyclic N) is 1. The van der Waals surface area contributed by atoms with Crippen LogP contribution in [0.2, 0.25) is 0 Å². The second kappa shape index (κ2) is 7.24. The maximum absolute atomic E-state index is 10.2. The van der Waals surface area contributed by atoms with Crippen LogP contribution in [-0.2, 0) is 0 Å². The van der Waals surface area contributed by atoms with Crippen LogP contribution < -0.4 is 0 Å². The van der Waals surface area contributed by atoms with Crippen molar-refractivity contribution in [2.75, 3.05) is 39.3 Å². The second-order valence-corrected chi connectivity index (χ2v) is 7.99. The van der Waals surface area contributed by atoms with E-state index < -0.39 is 0 Å². The molecule has 2 fully saturated rings. The number of aliphatic hydroxyl groups is 1. The highest BCUT2D eigenvalue weighted by molar-refractivity contribution is 4.81. The van der Waals surface area contributed by atoms with E-state index in [0.717, 1.165) is 25.6 Å². The molecule has 0 radical (unpaired) electrons. The van der Waals surface area contributed by atoms with Crippen LogP contribution in [0.4, 0.5) is 0 Å². The van der Waals surface area contributed by atoms with Crippen molar-refractivity contribution in [2.45, 2.75) is 59.0 Å². The molecule has 0 aromatic rings. The largest absolute Gasteiger partial charge is 0.391 e. The van der Waals surface area contributed by atoms with Crippen molar-refractivity contribution in [1.29, 1.82) is 0 Å². The van der Waals surface area contributed by atoms with Gasteiger partial charge in [0.25, 0.3) is 0 Å². The molecular formula is C17H34N2O. The molecule has 3 nitrogen and oxygen atoms in total. The zero-order valence-electron chi connectivity index (χ0n) is 13.8. The topological polar surface area (TPSA) is 26.7 Å². The van der Waals surface area contributed by atoms with Crippen LogP contribution >= 0.6 is 0 Å². The molecule has 1 N–H and O–H groups in total. The Labute approximate surface area is 125 Å². The minimum Gasteiger partial charge on any atom is -0.391 e. The van der Waals surface area contributed by atoms with Gasteiger partial charge in [-0.3, -0.25) is 4.90 Å². The molecule has 0 unspecified atom stereocenters. The van der Waals surface area contributed by atoms with Crippen molar-refractivity contribution in [1.82, 2.24) is 9.80 Å². The second-order valence-electron chi connectivity index (χ2n) is 7.99. The lowest BCUT2D eigenvalue weighted by atomic mass is 9.88. The van der Waals surface area contributed by atoms with Crippen molar-refractivity contribution in [3.05, 3.63) is 0 Å². The number of hydrogen-bond acceptors (Lipinski definition) is 3. The molecule has 2 rings (SSSR count).